The summed E-state index contributed by atoms with van der Waals surface area (Å²) in [5, 5.41) is 12.9. The lowest BCUT2D eigenvalue weighted by molar-refractivity contribution is 0.373. The molecule has 0 spiro atoms. The third-order valence-electron chi connectivity index (χ3n) is 5.01. The van der Waals surface area contributed by atoms with E-state index < -0.39 is 10.0 Å². The maximum absolute atomic E-state index is 12.1. The number of methoxy groups -OCH3 is 1. The number of hydrogen-bond acceptors (Lipinski definition) is 8. The smallest absolute Gasteiger partial charge is 0.223 e. The molecule has 0 saturated carbocycles. The van der Waals surface area contributed by atoms with Crippen LogP contribution in [0, 0.1) is 0 Å². The topological polar surface area (TPSA) is 131 Å². The first-order chi connectivity index (χ1) is 15.8. The molecule has 0 saturated heterocycles. The van der Waals surface area contributed by atoms with Gasteiger partial charge < -0.3 is 20.9 Å². The van der Waals surface area contributed by atoms with Gasteiger partial charge in [0.1, 0.15) is 0 Å². The van der Waals surface area contributed by atoms with E-state index in [4.69, 9.17) is 10.5 Å². The zero-order valence-electron chi connectivity index (χ0n) is 18.7. The highest BCUT2D eigenvalue weighted by atomic mass is 32.2. The zero-order valence-corrected chi connectivity index (χ0v) is 19.5. The number of hydrogen-bond donors (Lipinski definition) is 3. The maximum atomic E-state index is 12.1. The first-order valence-electron chi connectivity index (χ1n) is 10.5. The summed E-state index contributed by atoms with van der Waals surface area (Å²) in [5.41, 5.74) is 8.89. The van der Waals surface area contributed by atoms with Crippen molar-refractivity contribution in [1.29, 1.82) is 0 Å². The van der Waals surface area contributed by atoms with E-state index in [1.165, 1.54) is 17.7 Å². The van der Waals surface area contributed by atoms with Gasteiger partial charge in [-0.1, -0.05) is 24.3 Å². The van der Waals surface area contributed by atoms with E-state index in [9.17, 15) is 13.5 Å². The molecule has 0 bridgehead atoms. The van der Waals surface area contributed by atoms with Crippen molar-refractivity contribution >= 4 is 16.0 Å². The van der Waals surface area contributed by atoms with E-state index in [1.54, 1.807) is 30.5 Å². The fourth-order valence-electron chi connectivity index (χ4n) is 3.28. The van der Waals surface area contributed by atoms with E-state index >= 15 is 0 Å². The lowest BCUT2D eigenvalue weighted by Gasteiger charge is -2.20. The minimum absolute atomic E-state index is 0.0804. The molecule has 10 heteroatoms. The van der Waals surface area contributed by atoms with Crippen molar-refractivity contribution in [2.75, 3.05) is 31.8 Å². The van der Waals surface area contributed by atoms with Crippen LogP contribution in [0.1, 0.15) is 17.5 Å². The molecule has 176 valence electrons. The van der Waals surface area contributed by atoms with Gasteiger partial charge in [-0.25, -0.2) is 18.4 Å². The van der Waals surface area contributed by atoms with E-state index in [2.05, 4.69) is 15.3 Å². The molecule has 0 fully saturated rings. The molecule has 3 aromatic rings. The summed E-state index contributed by atoms with van der Waals surface area (Å²) >= 11 is 0. The number of sulfonamides is 1. The Morgan fingerprint density at radius 2 is 1.97 bits per heavy atom. The van der Waals surface area contributed by atoms with Gasteiger partial charge in [0.15, 0.2) is 11.5 Å². The van der Waals surface area contributed by atoms with E-state index in [-0.39, 0.29) is 12.3 Å². The van der Waals surface area contributed by atoms with Crippen molar-refractivity contribution in [2.45, 2.75) is 19.5 Å². The fourth-order valence-corrected chi connectivity index (χ4v) is 4.12. The van der Waals surface area contributed by atoms with E-state index in [0.717, 1.165) is 16.7 Å². The van der Waals surface area contributed by atoms with Crippen LogP contribution in [0.5, 0.6) is 11.5 Å². The summed E-state index contributed by atoms with van der Waals surface area (Å²) in [6.07, 6.45) is 3.47. The molecule has 0 amide bonds. The van der Waals surface area contributed by atoms with Crippen LogP contribution >= 0.6 is 0 Å². The van der Waals surface area contributed by atoms with Crippen LogP contribution in [0.15, 0.2) is 54.7 Å². The lowest BCUT2D eigenvalue weighted by Crippen LogP contribution is -2.31. The monoisotopic (exact) mass is 471 g/mol. The van der Waals surface area contributed by atoms with Crippen molar-refractivity contribution in [3.05, 3.63) is 65.9 Å². The third-order valence-corrected chi connectivity index (χ3v) is 6.26. The van der Waals surface area contributed by atoms with Crippen LogP contribution in [0.4, 0.5) is 5.95 Å². The zero-order chi connectivity index (χ0) is 23.8. The van der Waals surface area contributed by atoms with Crippen molar-refractivity contribution in [3.8, 4) is 22.8 Å². The molecule has 0 aliphatic rings. The Morgan fingerprint density at radius 3 is 2.70 bits per heavy atom. The molecule has 0 aliphatic heterocycles. The average Bonchev–Trinajstić information content (AvgIpc) is 2.81. The van der Waals surface area contributed by atoms with Crippen molar-refractivity contribution < 1.29 is 18.3 Å². The van der Waals surface area contributed by atoms with E-state index in [0.29, 0.717) is 43.4 Å². The minimum Gasteiger partial charge on any atom is -0.504 e. The van der Waals surface area contributed by atoms with Crippen LogP contribution in [-0.4, -0.2) is 54.3 Å². The number of aromatic nitrogens is 2. The summed E-state index contributed by atoms with van der Waals surface area (Å²) in [4.78, 5) is 8.86. The molecule has 1 aromatic heterocycles. The number of nitrogens with two attached hydrogens (primary N) is 1. The molecule has 9 nitrogen and oxygen atoms in total. The number of ether oxygens (including phenoxy) is 1. The first kappa shape index (κ1) is 24.4. The van der Waals surface area contributed by atoms with Crippen LogP contribution in [0.25, 0.3) is 11.3 Å². The second-order valence-electron chi connectivity index (χ2n) is 7.56. The number of benzene rings is 2. The van der Waals surface area contributed by atoms with Gasteiger partial charge in [-0.2, -0.15) is 4.31 Å². The van der Waals surface area contributed by atoms with Gasteiger partial charge >= 0.3 is 0 Å². The van der Waals surface area contributed by atoms with Gasteiger partial charge in [0.05, 0.1) is 19.1 Å². The van der Waals surface area contributed by atoms with Gasteiger partial charge in [-0.3, -0.25) is 0 Å². The summed E-state index contributed by atoms with van der Waals surface area (Å²) in [5.74, 6) is 0.929. The number of phenols is 1. The molecule has 0 unspecified atom stereocenters. The first-order valence-corrected chi connectivity index (χ1v) is 12.3. The normalized spacial score (nSPS) is 11.5. The Kier molecular flexibility index (Phi) is 8.21. The number of nitrogens with one attached hydrogen (secondary N) is 1. The molecule has 3 rings (SSSR count). The molecule has 2 aromatic carbocycles. The second-order valence-corrected chi connectivity index (χ2v) is 9.55. The lowest BCUT2D eigenvalue weighted by atomic mass is 10.1. The highest BCUT2D eigenvalue weighted by Crippen LogP contribution is 2.26. The summed E-state index contributed by atoms with van der Waals surface area (Å²) in [7, 11) is -1.84. The molecule has 0 aliphatic carbocycles. The average molecular weight is 472 g/mol. The third kappa shape index (κ3) is 6.88. The van der Waals surface area contributed by atoms with Gasteiger partial charge in [-0.15, -0.1) is 0 Å². The van der Waals surface area contributed by atoms with Crippen LogP contribution < -0.4 is 15.8 Å². The Labute approximate surface area is 194 Å². The number of phenolic OH excluding ortho intramolecular Hbond substituents is 1. The van der Waals surface area contributed by atoms with E-state index in [1.807, 2.05) is 24.3 Å². The molecule has 4 N–H and O–H groups in total. The highest BCUT2D eigenvalue weighted by Gasteiger charge is 2.17. The second kappa shape index (κ2) is 11.1. The van der Waals surface area contributed by atoms with Crippen molar-refractivity contribution in [2.24, 2.45) is 5.73 Å². The molecular weight excluding hydrogens is 442 g/mol. The minimum atomic E-state index is -3.34. The quantitative estimate of drug-likeness (QED) is 0.389. The summed E-state index contributed by atoms with van der Waals surface area (Å²) in [6.45, 7) is 1.53. The summed E-state index contributed by atoms with van der Waals surface area (Å²) < 4.78 is 30.8. The van der Waals surface area contributed by atoms with Crippen LogP contribution in [0.2, 0.25) is 0 Å². The molecule has 0 radical (unpaired) electrons. The number of anilines is 1. The molecule has 33 heavy (non-hydrogen) atoms. The number of aromatic hydroxyl groups is 1. The predicted molar refractivity (Wildman–Crippen MR) is 128 cm³/mol. The van der Waals surface area contributed by atoms with Crippen molar-refractivity contribution in [1.82, 2.24) is 14.3 Å². The molecule has 1 heterocycles. The van der Waals surface area contributed by atoms with Crippen LogP contribution in [-0.2, 0) is 23.1 Å². The molecular formula is C23H29N5O4S. The van der Waals surface area contributed by atoms with Gasteiger partial charge in [0.2, 0.25) is 16.0 Å². The Morgan fingerprint density at radius 1 is 1.15 bits per heavy atom. The standard InChI is InChI=1S/C23H29N5O4S/c1-32-22-14-17(7-8-21(22)29)15-26-23-25-11-9-20(27-23)19-6-3-5-18(13-19)16-28(12-4-10-24)33(2,30)31/h3,5-9,11,13-14,29H,4,10,12,15-16,24H2,1-2H3,(H,25,26,27). The number of rotatable bonds is 11. The maximum Gasteiger partial charge on any atom is 0.223 e. The Balaban J connectivity index is 1.74. The van der Waals surface area contributed by atoms with Crippen LogP contribution in [0.3, 0.4) is 0 Å². The highest BCUT2D eigenvalue weighted by molar-refractivity contribution is 7.88. The van der Waals surface area contributed by atoms with Gasteiger partial charge in [-0.05, 0) is 48.4 Å². The predicted octanol–water partition coefficient (Wildman–Crippen LogP) is 2.58. The van der Waals surface area contributed by atoms with Gasteiger partial charge in [0.25, 0.3) is 0 Å². The largest absolute Gasteiger partial charge is 0.504 e. The Bertz CT molecular complexity index is 1190. The van der Waals surface area contributed by atoms with Gasteiger partial charge in [0, 0.05) is 31.4 Å². The Hall–Kier alpha value is -3.21. The molecule has 0 atom stereocenters. The number of nitrogens with zero attached hydrogens (tertiary/aromatic N) is 3. The summed E-state index contributed by atoms with van der Waals surface area (Å²) in [6, 6.07) is 14.5. The fraction of sp³-hybridized carbons (Fsp3) is 0.304. The SMILES string of the molecule is COc1cc(CNc2nccc(-c3cccc(CN(CCCN)S(C)(=O)=O)c3)n2)ccc1O. The van der Waals surface area contributed by atoms with Crippen molar-refractivity contribution in [3.63, 3.8) is 0 Å².